The first kappa shape index (κ1) is 13.9. The highest BCUT2D eigenvalue weighted by Crippen LogP contribution is 2.43. The zero-order valence-corrected chi connectivity index (χ0v) is 12.3. The van der Waals surface area contributed by atoms with E-state index in [1.165, 1.54) is 5.56 Å². The van der Waals surface area contributed by atoms with Crippen molar-refractivity contribution in [3.05, 3.63) is 34.9 Å². The summed E-state index contributed by atoms with van der Waals surface area (Å²) in [6.07, 6.45) is 2.18. The van der Waals surface area contributed by atoms with E-state index in [9.17, 15) is 0 Å². The Morgan fingerprint density at radius 1 is 1.28 bits per heavy atom. The predicted octanol–water partition coefficient (Wildman–Crippen LogP) is 3.04. The lowest BCUT2D eigenvalue weighted by molar-refractivity contribution is 0.126. The van der Waals surface area contributed by atoms with Crippen LogP contribution in [0.5, 0.6) is 0 Å². The van der Waals surface area contributed by atoms with Gasteiger partial charge in [-0.2, -0.15) is 0 Å². The fraction of sp³-hybridized carbons (Fsp3) is 0.600. The monoisotopic (exact) mass is 266 g/mol. The van der Waals surface area contributed by atoms with Crippen LogP contribution in [0.25, 0.3) is 0 Å². The maximum absolute atomic E-state index is 6.51. The molecule has 18 heavy (non-hydrogen) atoms. The molecule has 1 heterocycles. The van der Waals surface area contributed by atoms with Gasteiger partial charge in [0.1, 0.15) is 0 Å². The molecule has 0 radical (unpaired) electrons. The van der Waals surface area contributed by atoms with Crippen molar-refractivity contribution >= 4 is 11.6 Å². The lowest BCUT2D eigenvalue weighted by Gasteiger charge is -2.49. The summed E-state index contributed by atoms with van der Waals surface area (Å²) in [6, 6.07) is 8.22. The van der Waals surface area contributed by atoms with E-state index < -0.39 is 0 Å². The number of nitrogens with two attached hydrogens (primary N) is 1. The fourth-order valence-corrected chi connectivity index (χ4v) is 3.28. The van der Waals surface area contributed by atoms with E-state index in [0.29, 0.717) is 0 Å². The highest BCUT2D eigenvalue weighted by atomic mass is 35.5. The van der Waals surface area contributed by atoms with Crippen molar-refractivity contribution in [1.29, 1.82) is 0 Å². The van der Waals surface area contributed by atoms with Gasteiger partial charge in [-0.15, -0.1) is 0 Å². The number of benzene rings is 1. The normalized spacial score (nSPS) is 20.9. The molecule has 0 spiro atoms. The van der Waals surface area contributed by atoms with E-state index in [0.717, 1.165) is 31.0 Å². The third-order valence-electron chi connectivity index (χ3n) is 4.45. The Labute approximate surface area is 115 Å². The van der Waals surface area contributed by atoms with Crippen LogP contribution in [0.15, 0.2) is 24.3 Å². The lowest BCUT2D eigenvalue weighted by atomic mass is 9.62. The minimum absolute atomic E-state index is 0.0322. The minimum atomic E-state index is -0.237. The number of likely N-dealkylation sites (tertiary alicyclic amines) is 1. The molecule has 0 aromatic heterocycles. The van der Waals surface area contributed by atoms with Gasteiger partial charge in [0.25, 0.3) is 0 Å². The van der Waals surface area contributed by atoms with Crippen molar-refractivity contribution in [2.75, 3.05) is 20.1 Å². The van der Waals surface area contributed by atoms with Crippen molar-refractivity contribution in [2.24, 2.45) is 5.73 Å². The summed E-state index contributed by atoms with van der Waals surface area (Å²) in [5.74, 6) is 0. The molecule has 1 fully saturated rings. The molecule has 3 heteroatoms. The third kappa shape index (κ3) is 2.42. The molecule has 2 N–H and O–H groups in total. The van der Waals surface area contributed by atoms with Crippen LogP contribution in [0.4, 0.5) is 0 Å². The SMILES string of the molecule is CN1CCC(c2cccc(Cl)c2)(C(C)(C)N)CC1. The van der Waals surface area contributed by atoms with Crippen molar-refractivity contribution in [3.63, 3.8) is 0 Å². The second-order valence-electron chi connectivity index (χ2n) is 6.12. The zero-order chi connectivity index (χ0) is 13.4. The number of nitrogens with zero attached hydrogens (tertiary/aromatic N) is 1. The van der Waals surface area contributed by atoms with E-state index in [1.54, 1.807) is 0 Å². The van der Waals surface area contributed by atoms with Crippen LogP contribution in [-0.4, -0.2) is 30.6 Å². The number of rotatable bonds is 2. The fourth-order valence-electron chi connectivity index (χ4n) is 3.09. The maximum Gasteiger partial charge on any atom is 0.0408 e. The van der Waals surface area contributed by atoms with E-state index in [1.807, 2.05) is 12.1 Å². The van der Waals surface area contributed by atoms with E-state index >= 15 is 0 Å². The number of halogens is 1. The Balaban J connectivity index is 2.43. The summed E-state index contributed by atoms with van der Waals surface area (Å²) >= 11 is 6.15. The molecule has 0 atom stereocenters. The first-order valence-corrected chi connectivity index (χ1v) is 6.96. The molecule has 1 saturated heterocycles. The number of piperidine rings is 1. The smallest absolute Gasteiger partial charge is 0.0408 e. The van der Waals surface area contributed by atoms with Crippen LogP contribution >= 0.6 is 11.6 Å². The molecule has 0 saturated carbocycles. The van der Waals surface area contributed by atoms with Gasteiger partial charge >= 0.3 is 0 Å². The van der Waals surface area contributed by atoms with Crippen LogP contribution in [-0.2, 0) is 5.41 Å². The Bertz CT molecular complexity index is 415. The van der Waals surface area contributed by atoms with E-state index in [-0.39, 0.29) is 11.0 Å². The van der Waals surface area contributed by atoms with E-state index in [4.69, 9.17) is 17.3 Å². The number of hydrogen-bond donors (Lipinski definition) is 1. The molecule has 0 amide bonds. The summed E-state index contributed by atoms with van der Waals surface area (Å²) in [6.45, 7) is 6.46. The van der Waals surface area contributed by atoms with Crippen LogP contribution in [0.3, 0.4) is 0 Å². The van der Waals surface area contributed by atoms with Crippen molar-refractivity contribution < 1.29 is 0 Å². The highest BCUT2D eigenvalue weighted by molar-refractivity contribution is 6.30. The van der Waals surface area contributed by atoms with Gasteiger partial charge < -0.3 is 10.6 Å². The van der Waals surface area contributed by atoms with Gasteiger partial charge in [-0.25, -0.2) is 0 Å². The summed E-state index contributed by atoms with van der Waals surface area (Å²) in [7, 11) is 2.17. The Morgan fingerprint density at radius 2 is 1.89 bits per heavy atom. The third-order valence-corrected chi connectivity index (χ3v) is 4.69. The lowest BCUT2D eigenvalue weighted by Crippen LogP contribution is -2.58. The van der Waals surface area contributed by atoms with Crippen LogP contribution in [0, 0.1) is 0 Å². The molecule has 2 nitrogen and oxygen atoms in total. The van der Waals surface area contributed by atoms with Crippen LogP contribution < -0.4 is 5.73 Å². The summed E-state index contributed by atoms with van der Waals surface area (Å²) in [5.41, 5.74) is 7.59. The van der Waals surface area contributed by atoms with Gasteiger partial charge in [-0.05, 0) is 64.5 Å². The van der Waals surface area contributed by atoms with Crippen molar-refractivity contribution in [2.45, 2.75) is 37.6 Å². The van der Waals surface area contributed by atoms with Gasteiger partial charge in [-0.1, -0.05) is 23.7 Å². The van der Waals surface area contributed by atoms with Gasteiger partial charge in [0.2, 0.25) is 0 Å². The first-order chi connectivity index (χ1) is 8.35. The van der Waals surface area contributed by atoms with Crippen LogP contribution in [0.1, 0.15) is 32.3 Å². The zero-order valence-electron chi connectivity index (χ0n) is 11.5. The predicted molar refractivity (Wildman–Crippen MR) is 78.1 cm³/mol. The first-order valence-electron chi connectivity index (χ1n) is 6.59. The standard InChI is InChI=1S/C15H23ClN2/c1-14(2,17)15(7-9-18(3)10-8-15)12-5-4-6-13(16)11-12/h4-6,11H,7-10,17H2,1-3H3. The molecular formula is C15H23ClN2. The average Bonchev–Trinajstić information content (AvgIpc) is 2.28. The second-order valence-corrected chi connectivity index (χ2v) is 6.55. The molecule has 1 aromatic carbocycles. The van der Waals surface area contributed by atoms with Crippen molar-refractivity contribution in [1.82, 2.24) is 4.90 Å². The van der Waals surface area contributed by atoms with Gasteiger partial charge in [0.05, 0.1) is 0 Å². The highest BCUT2D eigenvalue weighted by Gasteiger charge is 2.45. The second kappa shape index (κ2) is 4.84. The van der Waals surface area contributed by atoms with Gasteiger partial charge in [0.15, 0.2) is 0 Å². The average molecular weight is 267 g/mol. The summed E-state index contributed by atoms with van der Waals surface area (Å²) in [5, 5.41) is 0.801. The quantitative estimate of drug-likeness (QED) is 0.892. The minimum Gasteiger partial charge on any atom is -0.325 e. The molecule has 0 unspecified atom stereocenters. The molecule has 100 valence electrons. The largest absolute Gasteiger partial charge is 0.325 e. The number of hydrogen-bond acceptors (Lipinski definition) is 2. The maximum atomic E-state index is 6.51. The molecule has 1 aliphatic heterocycles. The molecule has 2 rings (SSSR count). The Morgan fingerprint density at radius 3 is 2.39 bits per heavy atom. The van der Waals surface area contributed by atoms with Crippen molar-refractivity contribution in [3.8, 4) is 0 Å². The van der Waals surface area contributed by atoms with Crippen LogP contribution in [0.2, 0.25) is 5.02 Å². The summed E-state index contributed by atoms with van der Waals surface area (Å²) < 4.78 is 0. The summed E-state index contributed by atoms with van der Waals surface area (Å²) in [4.78, 5) is 2.37. The Kier molecular flexibility index (Phi) is 3.72. The molecule has 1 aromatic rings. The molecular weight excluding hydrogens is 244 g/mol. The van der Waals surface area contributed by atoms with Gasteiger partial charge in [0, 0.05) is 16.0 Å². The van der Waals surface area contributed by atoms with Gasteiger partial charge in [-0.3, -0.25) is 0 Å². The molecule has 0 aliphatic carbocycles. The Hall–Kier alpha value is -0.570. The van der Waals surface area contributed by atoms with E-state index in [2.05, 4.69) is 37.9 Å². The molecule has 1 aliphatic rings. The molecule has 0 bridgehead atoms. The topological polar surface area (TPSA) is 29.3 Å².